The zero-order valence-electron chi connectivity index (χ0n) is 13.8. The lowest BCUT2D eigenvalue weighted by atomic mass is 9.73. The van der Waals surface area contributed by atoms with Crippen LogP contribution in [0.5, 0.6) is 0 Å². The van der Waals surface area contributed by atoms with Gasteiger partial charge in [0.05, 0.1) is 0 Å². The van der Waals surface area contributed by atoms with Crippen LogP contribution < -0.4 is 10.2 Å². The van der Waals surface area contributed by atoms with Crippen LogP contribution in [0, 0.1) is 6.92 Å². The molecule has 2 aromatic carbocycles. The summed E-state index contributed by atoms with van der Waals surface area (Å²) in [4.78, 5) is 15.0. The molecule has 0 saturated carbocycles. The minimum absolute atomic E-state index is 0.0608. The summed E-state index contributed by atoms with van der Waals surface area (Å²) in [7, 11) is 1.79. The number of hydrogen-bond donors (Lipinski definition) is 1. The van der Waals surface area contributed by atoms with Crippen LogP contribution >= 0.6 is 12.2 Å². The van der Waals surface area contributed by atoms with Gasteiger partial charge < -0.3 is 15.0 Å². The number of ether oxygens (including phenoxy) is 1. The second kappa shape index (κ2) is 4.80. The lowest BCUT2D eigenvalue weighted by Gasteiger charge is -2.37. The Bertz CT molecular complexity index is 867. The van der Waals surface area contributed by atoms with Gasteiger partial charge in [-0.15, -0.1) is 0 Å². The largest absolute Gasteiger partial charge is 0.456 e. The van der Waals surface area contributed by atoms with Crippen molar-refractivity contribution in [2.75, 3.05) is 11.9 Å². The lowest BCUT2D eigenvalue weighted by Crippen LogP contribution is -2.57. The zero-order chi connectivity index (χ0) is 17.1. The number of nitrogens with zero attached hydrogens (tertiary/aromatic N) is 1. The van der Waals surface area contributed by atoms with Crippen LogP contribution in [0.4, 0.5) is 5.69 Å². The van der Waals surface area contributed by atoms with E-state index in [-0.39, 0.29) is 11.1 Å². The van der Waals surface area contributed by atoms with Crippen LogP contribution in [0.3, 0.4) is 0 Å². The third kappa shape index (κ3) is 1.68. The minimum atomic E-state index is -1.05. The van der Waals surface area contributed by atoms with Crippen LogP contribution in [-0.4, -0.2) is 18.1 Å². The molecular formula is C19H18N2O2S. The van der Waals surface area contributed by atoms with E-state index in [1.165, 1.54) is 0 Å². The summed E-state index contributed by atoms with van der Waals surface area (Å²) in [5.74, 6) is -0.0608. The Hall–Kier alpha value is -2.40. The quantitative estimate of drug-likeness (QED) is 0.812. The normalized spacial score (nSPS) is 28.0. The number of nitrogens with one attached hydrogen (secondary N) is 1. The van der Waals surface area contributed by atoms with Gasteiger partial charge in [-0.05, 0) is 37.7 Å². The molecule has 0 bridgehead atoms. The molecule has 0 unspecified atom stereocenters. The van der Waals surface area contributed by atoms with Crippen LogP contribution in [0.2, 0.25) is 0 Å². The van der Waals surface area contributed by atoms with Crippen molar-refractivity contribution in [3.8, 4) is 0 Å². The molecule has 1 fully saturated rings. The number of rotatable bonds is 1. The predicted octanol–water partition coefficient (Wildman–Crippen LogP) is 2.99. The van der Waals surface area contributed by atoms with Gasteiger partial charge in [0.2, 0.25) is 0 Å². The van der Waals surface area contributed by atoms with Crippen molar-refractivity contribution in [2.24, 2.45) is 0 Å². The number of likely N-dealkylation sites (N-methyl/N-ethyl adjacent to an activating group) is 1. The first-order valence-electron chi connectivity index (χ1n) is 7.86. The Kier molecular flexibility index (Phi) is 3.03. The van der Waals surface area contributed by atoms with Crippen molar-refractivity contribution in [1.29, 1.82) is 0 Å². The van der Waals surface area contributed by atoms with E-state index in [9.17, 15) is 4.79 Å². The summed E-state index contributed by atoms with van der Waals surface area (Å²) in [5, 5.41) is 3.45. The van der Waals surface area contributed by atoms with Gasteiger partial charge >= 0.3 is 0 Å². The highest BCUT2D eigenvalue weighted by atomic mass is 32.1. The summed E-state index contributed by atoms with van der Waals surface area (Å²) in [6.07, 6.45) is 0. The Balaban J connectivity index is 2.04. The molecule has 2 atom stereocenters. The number of benzene rings is 2. The smallest absolute Gasteiger partial charge is 0.261 e. The number of carbonyl (C=O) groups is 1. The second-order valence-electron chi connectivity index (χ2n) is 6.55. The standard InChI is InChI=1S/C19H18N2O2S/c1-12-9-10-15-14(11-12)19(16(22)21(15)3)18(2,23-17(24)20-19)13-7-5-4-6-8-13/h4-11H,1-3H3,(H,20,24)/t18-,19+/m0/s1. The Morgan fingerprint density at radius 3 is 2.58 bits per heavy atom. The maximum Gasteiger partial charge on any atom is 0.261 e. The Labute approximate surface area is 146 Å². The van der Waals surface area contributed by atoms with Crippen molar-refractivity contribution in [3.05, 3.63) is 65.2 Å². The molecule has 4 rings (SSSR count). The maximum absolute atomic E-state index is 13.4. The van der Waals surface area contributed by atoms with Gasteiger partial charge in [0, 0.05) is 18.3 Å². The van der Waals surface area contributed by atoms with E-state index in [4.69, 9.17) is 17.0 Å². The second-order valence-corrected chi connectivity index (χ2v) is 6.92. The molecule has 1 saturated heterocycles. The van der Waals surface area contributed by atoms with Crippen LogP contribution in [0.1, 0.15) is 23.6 Å². The van der Waals surface area contributed by atoms with Gasteiger partial charge in [-0.2, -0.15) is 0 Å². The summed E-state index contributed by atoms with van der Waals surface area (Å²) < 4.78 is 6.06. The highest BCUT2D eigenvalue weighted by Crippen LogP contribution is 2.54. The molecule has 0 radical (unpaired) electrons. The monoisotopic (exact) mass is 338 g/mol. The van der Waals surface area contributed by atoms with Gasteiger partial charge in [0.25, 0.3) is 11.1 Å². The summed E-state index contributed by atoms with van der Waals surface area (Å²) in [6, 6.07) is 15.8. The van der Waals surface area contributed by atoms with E-state index >= 15 is 0 Å². The maximum atomic E-state index is 13.4. The van der Waals surface area contributed by atoms with Gasteiger partial charge in [-0.3, -0.25) is 4.79 Å². The number of carbonyl (C=O) groups excluding carboxylic acids is 1. The molecule has 0 aliphatic carbocycles. The van der Waals surface area contributed by atoms with E-state index < -0.39 is 11.1 Å². The predicted molar refractivity (Wildman–Crippen MR) is 96.9 cm³/mol. The van der Waals surface area contributed by atoms with Gasteiger partial charge in [0.1, 0.15) is 0 Å². The summed E-state index contributed by atoms with van der Waals surface area (Å²) in [5.41, 5.74) is 1.81. The molecule has 2 aliphatic heterocycles. The molecule has 2 aromatic rings. The first kappa shape index (κ1) is 15.1. The molecule has 2 aliphatic rings. The van der Waals surface area contributed by atoms with Crippen LogP contribution in [0.15, 0.2) is 48.5 Å². The number of fused-ring (bicyclic) bond motifs is 2. The summed E-state index contributed by atoms with van der Waals surface area (Å²) in [6.45, 7) is 3.95. The minimum Gasteiger partial charge on any atom is -0.456 e. The number of amides is 1. The third-order valence-corrected chi connectivity index (χ3v) is 5.35. The number of anilines is 1. The molecule has 4 nitrogen and oxygen atoms in total. The first-order chi connectivity index (χ1) is 11.4. The van der Waals surface area contributed by atoms with Crippen molar-refractivity contribution in [2.45, 2.75) is 25.0 Å². The molecule has 5 heteroatoms. The molecule has 24 heavy (non-hydrogen) atoms. The molecule has 0 aromatic heterocycles. The molecule has 1 spiro atoms. The van der Waals surface area contributed by atoms with Gasteiger partial charge in [-0.25, -0.2) is 0 Å². The molecule has 1 amide bonds. The van der Waals surface area contributed by atoms with E-state index in [0.717, 1.165) is 22.4 Å². The SMILES string of the molecule is Cc1ccc2c(c1)[C@@]1(NC(=S)O[C@@]1(C)c1ccccc1)C(=O)N2C. The average molecular weight is 338 g/mol. The highest BCUT2D eigenvalue weighted by molar-refractivity contribution is 7.80. The van der Waals surface area contributed by atoms with E-state index in [0.29, 0.717) is 0 Å². The number of aryl methyl sites for hydroxylation is 1. The van der Waals surface area contributed by atoms with Crippen molar-refractivity contribution in [3.63, 3.8) is 0 Å². The fourth-order valence-corrected chi connectivity index (χ4v) is 4.21. The Morgan fingerprint density at radius 1 is 1.17 bits per heavy atom. The number of hydrogen-bond acceptors (Lipinski definition) is 3. The van der Waals surface area contributed by atoms with Gasteiger partial charge in [0.15, 0.2) is 11.1 Å². The van der Waals surface area contributed by atoms with E-state index in [1.807, 2.05) is 62.4 Å². The molecular weight excluding hydrogens is 320 g/mol. The average Bonchev–Trinajstić information content (AvgIpc) is 2.97. The van der Waals surface area contributed by atoms with Crippen molar-refractivity contribution in [1.82, 2.24) is 5.32 Å². The molecule has 1 N–H and O–H groups in total. The molecule has 122 valence electrons. The lowest BCUT2D eigenvalue weighted by molar-refractivity contribution is -0.129. The Morgan fingerprint density at radius 2 is 1.88 bits per heavy atom. The topological polar surface area (TPSA) is 41.6 Å². The number of thiocarbonyl (C=S) groups is 1. The van der Waals surface area contributed by atoms with Crippen LogP contribution in [-0.2, 0) is 20.7 Å². The fourth-order valence-electron chi connectivity index (χ4n) is 3.89. The van der Waals surface area contributed by atoms with Crippen molar-refractivity contribution >= 4 is 29.0 Å². The first-order valence-corrected chi connectivity index (χ1v) is 8.27. The van der Waals surface area contributed by atoms with Crippen LogP contribution in [0.25, 0.3) is 0 Å². The van der Waals surface area contributed by atoms with Gasteiger partial charge in [-0.1, -0.05) is 48.0 Å². The van der Waals surface area contributed by atoms with E-state index in [2.05, 4.69) is 5.32 Å². The summed E-state index contributed by atoms with van der Waals surface area (Å²) >= 11 is 5.33. The van der Waals surface area contributed by atoms with Crippen molar-refractivity contribution < 1.29 is 9.53 Å². The third-order valence-electron chi connectivity index (χ3n) is 5.17. The fraction of sp³-hybridized carbons (Fsp3) is 0.263. The zero-order valence-corrected chi connectivity index (χ0v) is 14.6. The highest BCUT2D eigenvalue weighted by Gasteiger charge is 2.67. The molecule has 2 heterocycles. The van der Waals surface area contributed by atoms with E-state index in [1.54, 1.807) is 11.9 Å².